The van der Waals surface area contributed by atoms with Gasteiger partial charge in [-0.2, -0.15) is 5.10 Å². The van der Waals surface area contributed by atoms with Crippen LogP contribution in [0, 0.1) is 5.92 Å². The van der Waals surface area contributed by atoms with Gasteiger partial charge in [0.05, 0.1) is 37.6 Å². The zero-order valence-electron chi connectivity index (χ0n) is 11.9. The van der Waals surface area contributed by atoms with Crippen LogP contribution in [0.15, 0.2) is 12.4 Å². The molecular weight excluding hydrogens is 258 g/mol. The van der Waals surface area contributed by atoms with Gasteiger partial charge in [-0.15, -0.1) is 0 Å². The molecule has 0 saturated heterocycles. The fraction of sp³-hybridized carbons (Fsp3) is 0.714. The maximum atomic E-state index is 11.7. The summed E-state index contributed by atoms with van der Waals surface area (Å²) in [5, 5.41) is 16.4. The number of nitrogens with one attached hydrogen (secondary N) is 1. The van der Waals surface area contributed by atoms with Crippen molar-refractivity contribution in [2.45, 2.75) is 45.2 Å². The first kappa shape index (κ1) is 14.8. The molecule has 1 aromatic heterocycles. The number of hydrogen-bond donors (Lipinski definition) is 2. The van der Waals surface area contributed by atoms with Crippen LogP contribution < -0.4 is 5.32 Å². The normalized spacial score (nSPS) is 22.5. The monoisotopic (exact) mass is 281 g/mol. The van der Waals surface area contributed by atoms with Crippen molar-refractivity contribution in [1.29, 1.82) is 0 Å². The maximum absolute atomic E-state index is 11.7. The second kappa shape index (κ2) is 7.28. The van der Waals surface area contributed by atoms with Gasteiger partial charge in [-0.3, -0.25) is 9.48 Å². The Morgan fingerprint density at radius 3 is 2.90 bits per heavy atom. The van der Waals surface area contributed by atoms with Crippen molar-refractivity contribution < 1.29 is 14.6 Å². The van der Waals surface area contributed by atoms with Crippen LogP contribution in [0.2, 0.25) is 0 Å². The third-order valence-corrected chi connectivity index (χ3v) is 3.68. The minimum atomic E-state index is -0.0540. The van der Waals surface area contributed by atoms with Crippen molar-refractivity contribution in [2.75, 3.05) is 18.5 Å². The lowest BCUT2D eigenvalue weighted by atomic mass is 9.86. The molecule has 1 fully saturated rings. The van der Waals surface area contributed by atoms with E-state index in [0.717, 1.165) is 31.4 Å². The van der Waals surface area contributed by atoms with E-state index >= 15 is 0 Å². The van der Waals surface area contributed by atoms with E-state index < -0.39 is 0 Å². The topological polar surface area (TPSA) is 76.4 Å². The summed E-state index contributed by atoms with van der Waals surface area (Å²) in [4.78, 5) is 11.7. The molecule has 6 nitrogen and oxygen atoms in total. The van der Waals surface area contributed by atoms with Crippen LogP contribution in [0.3, 0.4) is 0 Å². The third-order valence-electron chi connectivity index (χ3n) is 3.68. The van der Waals surface area contributed by atoms with Gasteiger partial charge in [0.2, 0.25) is 0 Å². The van der Waals surface area contributed by atoms with Crippen LogP contribution in [0.1, 0.15) is 32.6 Å². The van der Waals surface area contributed by atoms with Crippen molar-refractivity contribution in [1.82, 2.24) is 9.78 Å². The Hall–Kier alpha value is -1.56. The lowest BCUT2D eigenvalue weighted by Crippen LogP contribution is -2.30. The van der Waals surface area contributed by atoms with Crippen molar-refractivity contribution in [3.63, 3.8) is 0 Å². The Bertz CT molecular complexity index is 425. The highest BCUT2D eigenvalue weighted by atomic mass is 16.5. The summed E-state index contributed by atoms with van der Waals surface area (Å²) in [6.07, 6.45) is 7.35. The molecule has 0 spiro atoms. The Balaban J connectivity index is 1.77. The molecular formula is C14H23N3O3. The Morgan fingerprint density at radius 2 is 2.25 bits per heavy atom. The zero-order chi connectivity index (χ0) is 14.4. The first-order valence-electron chi connectivity index (χ1n) is 7.29. The van der Waals surface area contributed by atoms with Crippen LogP contribution in [-0.4, -0.2) is 40.1 Å². The number of aliphatic hydroxyl groups excluding tert-OH is 1. The average molecular weight is 281 g/mol. The molecule has 1 aromatic rings. The Kier molecular flexibility index (Phi) is 5.40. The summed E-state index contributed by atoms with van der Waals surface area (Å²) in [7, 11) is 0. The molecule has 0 aromatic carbocycles. The van der Waals surface area contributed by atoms with E-state index in [9.17, 15) is 4.79 Å². The van der Waals surface area contributed by atoms with Crippen LogP contribution in [0.25, 0.3) is 0 Å². The summed E-state index contributed by atoms with van der Waals surface area (Å²) in [6.45, 7) is 2.90. The van der Waals surface area contributed by atoms with Crippen LogP contribution in [-0.2, 0) is 16.1 Å². The largest absolute Gasteiger partial charge is 0.466 e. The van der Waals surface area contributed by atoms with Crippen LogP contribution >= 0.6 is 0 Å². The Labute approximate surface area is 119 Å². The van der Waals surface area contributed by atoms with Gasteiger partial charge in [0.25, 0.3) is 0 Å². The summed E-state index contributed by atoms with van der Waals surface area (Å²) < 4.78 is 6.78. The quantitative estimate of drug-likeness (QED) is 0.771. The van der Waals surface area contributed by atoms with Crippen LogP contribution in [0.5, 0.6) is 0 Å². The summed E-state index contributed by atoms with van der Waals surface area (Å²) in [6, 6.07) is 0.382. The van der Waals surface area contributed by atoms with Gasteiger partial charge in [-0.05, 0) is 32.6 Å². The first-order chi connectivity index (χ1) is 9.72. The van der Waals surface area contributed by atoms with E-state index in [1.807, 2.05) is 13.1 Å². The molecule has 0 atom stereocenters. The van der Waals surface area contributed by atoms with Crippen molar-refractivity contribution in [3.05, 3.63) is 12.4 Å². The summed E-state index contributed by atoms with van der Waals surface area (Å²) in [5.74, 6) is 0.00632. The molecule has 2 rings (SSSR count). The number of esters is 1. The molecule has 2 N–H and O–H groups in total. The van der Waals surface area contributed by atoms with Gasteiger partial charge in [-0.25, -0.2) is 0 Å². The second-order valence-corrected chi connectivity index (χ2v) is 5.16. The molecule has 20 heavy (non-hydrogen) atoms. The lowest BCUT2D eigenvalue weighted by Gasteiger charge is -2.28. The molecule has 1 aliphatic carbocycles. The predicted molar refractivity (Wildman–Crippen MR) is 75.3 cm³/mol. The van der Waals surface area contributed by atoms with E-state index in [-0.39, 0.29) is 18.5 Å². The van der Waals surface area contributed by atoms with Crippen molar-refractivity contribution >= 4 is 11.7 Å². The fourth-order valence-electron chi connectivity index (χ4n) is 2.63. The SMILES string of the molecule is CCOC(=O)C1CCC(Nc2cnn(CCO)c2)CC1. The standard InChI is InChI=1S/C14H23N3O3/c1-2-20-14(19)11-3-5-12(6-4-11)16-13-9-15-17(10-13)7-8-18/h9-12,16,18H,2-8H2,1H3. The smallest absolute Gasteiger partial charge is 0.308 e. The fourth-order valence-corrected chi connectivity index (χ4v) is 2.63. The number of carbonyl (C=O) groups is 1. The highest BCUT2D eigenvalue weighted by molar-refractivity contribution is 5.72. The van der Waals surface area contributed by atoms with Crippen LogP contribution in [0.4, 0.5) is 5.69 Å². The number of aromatic nitrogens is 2. The van der Waals surface area contributed by atoms with E-state index in [4.69, 9.17) is 9.84 Å². The second-order valence-electron chi connectivity index (χ2n) is 5.16. The third kappa shape index (κ3) is 3.96. The minimum absolute atomic E-state index is 0.0540. The highest BCUT2D eigenvalue weighted by Gasteiger charge is 2.27. The summed E-state index contributed by atoms with van der Waals surface area (Å²) >= 11 is 0. The number of aliphatic hydroxyl groups is 1. The number of rotatable bonds is 6. The number of ether oxygens (including phenoxy) is 1. The van der Waals surface area contributed by atoms with Gasteiger partial charge < -0.3 is 15.2 Å². The number of anilines is 1. The molecule has 0 unspecified atom stereocenters. The van der Waals surface area contributed by atoms with Crippen molar-refractivity contribution in [2.24, 2.45) is 5.92 Å². The Morgan fingerprint density at radius 1 is 1.50 bits per heavy atom. The number of hydrogen-bond acceptors (Lipinski definition) is 5. The molecule has 0 aliphatic heterocycles. The molecule has 1 heterocycles. The molecule has 1 saturated carbocycles. The van der Waals surface area contributed by atoms with E-state index in [1.165, 1.54) is 0 Å². The van der Waals surface area contributed by atoms with E-state index in [2.05, 4.69) is 10.4 Å². The van der Waals surface area contributed by atoms with Gasteiger partial charge in [0.15, 0.2) is 0 Å². The summed E-state index contributed by atoms with van der Waals surface area (Å²) in [5.41, 5.74) is 0.970. The molecule has 1 aliphatic rings. The van der Waals surface area contributed by atoms with E-state index in [0.29, 0.717) is 19.2 Å². The van der Waals surface area contributed by atoms with E-state index in [1.54, 1.807) is 10.9 Å². The molecule has 112 valence electrons. The highest BCUT2D eigenvalue weighted by Crippen LogP contribution is 2.27. The molecule has 0 amide bonds. The minimum Gasteiger partial charge on any atom is -0.466 e. The molecule has 6 heteroatoms. The predicted octanol–water partition coefficient (Wildman–Crippen LogP) is 1.41. The van der Waals surface area contributed by atoms with Gasteiger partial charge >= 0.3 is 5.97 Å². The van der Waals surface area contributed by atoms with Crippen molar-refractivity contribution in [3.8, 4) is 0 Å². The van der Waals surface area contributed by atoms with Gasteiger partial charge in [0, 0.05) is 12.2 Å². The number of carbonyl (C=O) groups excluding carboxylic acids is 1. The van der Waals surface area contributed by atoms with Gasteiger partial charge in [-0.1, -0.05) is 0 Å². The average Bonchev–Trinajstić information content (AvgIpc) is 2.88. The van der Waals surface area contributed by atoms with Gasteiger partial charge in [0.1, 0.15) is 0 Å². The molecule has 0 radical (unpaired) electrons. The lowest BCUT2D eigenvalue weighted by molar-refractivity contribution is -0.149. The zero-order valence-corrected chi connectivity index (χ0v) is 11.9. The molecule has 0 bridgehead atoms. The first-order valence-corrected chi connectivity index (χ1v) is 7.29. The maximum Gasteiger partial charge on any atom is 0.308 e. The number of nitrogens with zero attached hydrogens (tertiary/aromatic N) is 2.